The van der Waals surface area contributed by atoms with Crippen LogP contribution in [0.2, 0.25) is 0 Å². The first-order valence-electron chi connectivity index (χ1n) is 9.87. The molecule has 1 aliphatic heterocycles. The van der Waals surface area contributed by atoms with Crippen LogP contribution in [-0.2, 0) is 11.2 Å². The highest BCUT2D eigenvalue weighted by atomic mass is 16.5. The van der Waals surface area contributed by atoms with Crippen molar-refractivity contribution in [2.75, 3.05) is 18.0 Å². The van der Waals surface area contributed by atoms with Crippen molar-refractivity contribution in [2.45, 2.75) is 58.5 Å². The minimum atomic E-state index is 0.143. The number of carbonyl (C=O) groups excluding carboxylic acids is 1. The van der Waals surface area contributed by atoms with Crippen LogP contribution in [0.15, 0.2) is 36.7 Å². The van der Waals surface area contributed by atoms with E-state index in [0.717, 1.165) is 44.0 Å². The molecule has 144 valence electrons. The molecule has 0 unspecified atom stereocenters. The average molecular weight is 367 g/mol. The van der Waals surface area contributed by atoms with Crippen LogP contribution in [0.3, 0.4) is 0 Å². The van der Waals surface area contributed by atoms with Crippen LogP contribution < -0.4 is 9.64 Å². The van der Waals surface area contributed by atoms with Gasteiger partial charge in [-0.25, -0.2) is 9.97 Å². The fourth-order valence-corrected chi connectivity index (χ4v) is 3.55. The molecule has 3 rings (SSSR count). The molecule has 2 aromatic rings. The number of hydrogen-bond donors (Lipinski definition) is 0. The van der Waals surface area contributed by atoms with Crippen molar-refractivity contribution >= 4 is 11.7 Å². The molecule has 1 aliphatic rings. The molecule has 0 aliphatic carbocycles. The van der Waals surface area contributed by atoms with Gasteiger partial charge in [0.15, 0.2) is 0 Å². The maximum Gasteiger partial charge on any atom is 0.225 e. The summed E-state index contributed by atoms with van der Waals surface area (Å²) < 4.78 is 6.14. The summed E-state index contributed by atoms with van der Waals surface area (Å²) in [7, 11) is 0. The lowest BCUT2D eigenvalue weighted by molar-refractivity contribution is -0.117. The maximum atomic E-state index is 11.3. The van der Waals surface area contributed by atoms with E-state index in [-0.39, 0.29) is 17.8 Å². The van der Waals surface area contributed by atoms with Gasteiger partial charge in [-0.05, 0) is 42.5 Å². The Balaban J connectivity index is 1.54. The van der Waals surface area contributed by atoms with E-state index in [9.17, 15) is 4.79 Å². The predicted molar refractivity (Wildman–Crippen MR) is 107 cm³/mol. The summed E-state index contributed by atoms with van der Waals surface area (Å²) in [5.74, 6) is 2.12. The van der Waals surface area contributed by atoms with Crippen molar-refractivity contribution in [3.63, 3.8) is 0 Å². The Bertz CT molecular complexity index is 743. The zero-order valence-corrected chi connectivity index (χ0v) is 16.5. The van der Waals surface area contributed by atoms with Crippen molar-refractivity contribution in [3.8, 4) is 5.75 Å². The van der Waals surface area contributed by atoms with Gasteiger partial charge < -0.3 is 14.4 Å². The van der Waals surface area contributed by atoms with Crippen LogP contribution >= 0.6 is 0 Å². The van der Waals surface area contributed by atoms with E-state index in [4.69, 9.17) is 4.74 Å². The number of aryl methyl sites for hydroxylation is 1. The first-order valence-corrected chi connectivity index (χ1v) is 9.87. The van der Waals surface area contributed by atoms with E-state index < -0.39 is 0 Å². The highest BCUT2D eigenvalue weighted by molar-refractivity contribution is 5.76. The van der Waals surface area contributed by atoms with Crippen LogP contribution in [0, 0.1) is 0 Å². The van der Waals surface area contributed by atoms with Gasteiger partial charge in [0.25, 0.3) is 0 Å². The molecule has 1 saturated heterocycles. The first kappa shape index (κ1) is 19.3. The number of anilines is 1. The molecule has 2 heterocycles. The summed E-state index contributed by atoms with van der Waals surface area (Å²) in [6, 6.07) is 8.13. The normalized spacial score (nSPS) is 17.7. The van der Waals surface area contributed by atoms with Crippen LogP contribution in [-0.4, -0.2) is 34.9 Å². The second-order valence-corrected chi connectivity index (χ2v) is 7.49. The van der Waals surface area contributed by atoms with E-state index in [0.29, 0.717) is 6.42 Å². The van der Waals surface area contributed by atoms with Gasteiger partial charge in [0.2, 0.25) is 5.95 Å². The Morgan fingerprint density at radius 1 is 1.26 bits per heavy atom. The van der Waals surface area contributed by atoms with Crippen LogP contribution in [0.25, 0.3) is 0 Å². The lowest BCUT2D eigenvalue weighted by atomic mass is 9.96. The summed E-state index contributed by atoms with van der Waals surface area (Å²) in [5.41, 5.74) is 2.36. The zero-order chi connectivity index (χ0) is 19.2. The van der Waals surface area contributed by atoms with E-state index in [1.165, 1.54) is 11.1 Å². The molecule has 2 atom stereocenters. The molecular formula is C22H29N3O2. The lowest BCUT2D eigenvalue weighted by Gasteiger charge is -2.17. The van der Waals surface area contributed by atoms with Crippen molar-refractivity contribution in [1.29, 1.82) is 0 Å². The fourth-order valence-electron chi connectivity index (χ4n) is 3.55. The maximum absolute atomic E-state index is 11.3. The van der Waals surface area contributed by atoms with Crippen molar-refractivity contribution in [1.82, 2.24) is 9.97 Å². The van der Waals surface area contributed by atoms with Gasteiger partial charge in [-0.2, -0.15) is 0 Å². The molecule has 0 radical (unpaired) electrons. The van der Waals surface area contributed by atoms with Gasteiger partial charge in [-0.15, -0.1) is 0 Å². The lowest BCUT2D eigenvalue weighted by Crippen LogP contribution is -2.26. The van der Waals surface area contributed by atoms with E-state index in [1.54, 1.807) is 6.92 Å². The van der Waals surface area contributed by atoms with Gasteiger partial charge in [0.05, 0.1) is 6.54 Å². The van der Waals surface area contributed by atoms with E-state index >= 15 is 0 Å². The third-order valence-corrected chi connectivity index (χ3v) is 5.00. The highest BCUT2D eigenvalue weighted by Crippen LogP contribution is 2.25. The second kappa shape index (κ2) is 8.98. The molecule has 27 heavy (non-hydrogen) atoms. The quantitative estimate of drug-likeness (QED) is 0.701. The molecule has 1 aromatic heterocycles. The molecule has 5 nitrogen and oxygen atoms in total. The third kappa shape index (κ3) is 5.28. The summed E-state index contributed by atoms with van der Waals surface area (Å²) in [6.07, 6.45) is 7.67. The fraction of sp³-hybridized carbons (Fsp3) is 0.500. The minimum absolute atomic E-state index is 0.143. The average Bonchev–Trinajstić information content (AvgIpc) is 3.11. The molecule has 1 aromatic carbocycles. The number of ketones is 1. The van der Waals surface area contributed by atoms with Crippen LogP contribution in [0.5, 0.6) is 5.75 Å². The summed E-state index contributed by atoms with van der Waals surface area (Å²) in [4.78, 5) is 22.5. The summed E-state index contributed by atoms with van der Waals surface area (Å²) >= 11 is 0. The number of nitrogens with zero attached hydrogens (tertiary/aromatic N) is 3. The Hall–Kier alpha value is -2.43. The Morgan fingerprint density at radius 2 is 1.96 bits per heavy atom. The molecule has 0 saturated carbocycles. The predicted octanol–water partition coefficient (Wildman–Crippen LogP) is 4.17. The molecule has 0 spiro atoms. The molecule has 1 fully saturated rings. The number of carbonyl (C=O) groups is 1. The minimum Gasteiger partial charge on any atom is -0.489 e. The van der Waals surface area contributed by atoms with Gasteiger partial charge >= 0.3 is 0 Å². The smallest absolute Gasteiger partial charge is 0.225 e. The molecule has 5 heteroatoms. The van der Waals surface area contributed by atoms with Crippen LogP contribution in [0.1, 0.15) is 57.1 Å². The number of hydrogen-bond acceptors (Lipinski definition) is 5. The zero-order valence-electron chi connectivity index (χ0n) is 16.5. The summed E-state index contributed by atoms with van der Waals surface area (Å²) in [5, 5.41) is 0. The largest absolute Gasteiger partial charge is 0.489 e. The second-order valence-electron chi connectivity index (χ2n) is 7.49. The molecular weight excluding hydrogens is 338 g/mol. The van der Waals surface area contributed by atoms with Crippen molar-refractivity contribution in [3.05, 3.63) is 47.8 Å². The number of benzene rings is 1. The SMILES string of the molecule is CCCc1cnc(N2CC[C@@H](Oc3ccc([C@H](C)CC(C)=O)cc3)C2)nc1. The van der Waals surface area contributed by atoms with Gasteiger partial charge in [-0.3, -0.25) is 0 Å². The first-order chi connectivity index (χ1) is 13.0. The Kier molecular flexibility index (Phi) is 6.43. The summed E-state index contributed by atoms with van der Waals surface area (Å²) in [6.45, 7) is 7.59. The number of aromatic nitrogens is 2. The van der Waals surface area contributed by atoms with Gasteiger partial charge in [-0.1, -0.05) is 32.4 Å². The highest BCUT2D eigenvalue weighted by Gasteiger charge is 2.25. The van der Waals surface area contributed by atoms with Gasteiger partial charge in [0, 0.05) is 31.8 Å². The Morgan fingerprint density at radius 3 is 2.59 bits per heavy atom. The van der Waals surface area contributed by atoms with E-state index in [2.05, 4.69) is 40.8 Å². The van der Waals surface area contributed by atoms with Gasteiger partial charge in [0.1, 0.15) is 17.6 Å². The molecule has 0 bridgehead atoms. The van der Waals surface area contributed by atoms with Crippen molar-refractivity contribution in [2.24, 2.45) is 0 Å². The molecule has 0 amide bonds. The Labute approximate surface area is 161 Å². The van der Waals surface area contributed by atoms with Crippen molar-refractivity contribution < 1.29 is 9.53 Å². The monoisotopic (exact) mass is 367 g/mol. The standard InChI is InChI=1S/C22H29N3O2/c1-4-5-18-13-23-22(24-14-18)25-11-10-21(15-25)27-20-8-6-19(7-9-20)16(2)12-17(3)26/h6-9,13-14,16,21H,4-5,10-12,15H2,1-3H3/t16-,21-/m1/s1. The topological polar surface area (TPSA) is 55.3 Å². The third-order valence-electron chi connectivity index (χ3n) is 5.00. The number of ether oxygens (including phenoxy) is 1. The molecule has 0 N–H and O–H groups in total. The van der Waals surface area contributed by atoms with E-state index in [1.807, 2.05) is 24.5 Å². The number of Topliss-reactive ketones (excluding diaryl/α,β-unsaturated/α-hetero) is 1. The van der Waals surface area contributed by atoms with Crippen LogP contribution in [0.4, 0.5) is 5.95 Å². The number of rotatable bonds is 8.